The highest BCUT2D eigenvalue weighted by Crippen LogP contribution is 2.31. The minimum Gasteiger partial charge on any atom is -0.496 e. The summed E-state index contributed by atoms with van der Waals surface area (Å²) in [5.41, 5.74) is 0.665. The van der Waals surface area contributed by atoms with Crippen molar-refractivity contribution in [1.29, 1.82) is 0 Å². The monoisotopic (exact) mass is 513 g/mol. The molecule has 0 bridgehead atoms. The van der Waals surface area contributed by atoms with E-state index in [-0.39, 0.29) is 18.5 Å². The molecule has 3 aromatic heterocycles. The number of carbonyl (C=O) groups is 1. The van der Waals surface area contributed by atoms with E-state index in [1.54, 1.807) is 34.8 Å². The Bertz CT molecular complexity index is 1500. The van der Waals surface area contributed by atoms with Crippen molar-refractivity contribution >= 4 is 42.0 Å². The van der Waals surface area contributed by atoms with Gasteiger partial charge >= 0.3 is 5.69 Å². The summed E-state index contributed by atoms with van der Waals surface area (Å²) in [5, 5.41) is 9.23. The Morgan fingerprint density at radius 1 is 1.26 bits per heavy atom. The highest BCUT2D eigenvalue weighted by atomic mass is 32.1. The van der Waals surface area contributed by atoms with E-state index in [0.717, 1.165) is 31.7 Å². The molecule has 0 aliphatic heterocycles. The van der Waals surface area contributed by atoms with Crippen LogP contribution in [0.1, 0.15) is 25.0 Å². The van der Waals surface area contributed by atoms with Gasteiger partial charge in [0, 0.05) is 30.5 Å². The normalized spacial score (nSPS) is 11.4. The summed E-state index contributed by atoms with van der Waals surface area (Å²) in [6.07, 6.45) is 3.96. The molecule has 35 heavy (non-hydrogen) atoms. The van der Waals surface area contributed by atoms with Crippen LogP contribution in [0.5, 0.6) is 5.75 Å². The van der Waals surface area contributed by atoms with Crippen LogP contribution >= 0.6 is 20.6 Å². The molecule has 184 valence electrons. The molecule has 0 radical (unpaired) electrons. The number of thiophene rings is 1. The lowest BCUT2D eigenvalue weighted by Gasteiger charge is -2.14. The topological polar surface area (TPSA) is 100 Å². The van der Waals surface area contributed by atoms with E-state index in [1.807, 2.05) is 39.0 Å². The fraction of sp³-hybridized carbons (Fsp3) is 0.333. The van der Waals surface area contributed by atoms with Crippen LogP contribution in [0, 0.1) is 6.92 Å². The molecule has 1 atom stereocenters. The summed E-state index contributed by atoms with van der Waals surface area (Å²) < 4.78 is 9.79. The largest absolute Gasteiger partial charge is 0.496 e. The molecule has 0 saturated carbocycles. The van der Waals surface area contributed by atoms with Gasteiger partial charge in [0.2, 0.25) is 5.91 Å². The average molecular weight is 514 g/mol. The standard InChI is InChI=1S/C24H28N5O4PS/c1-14(2)26-19(30)13-28-21(31)20-15(3)22(29-10-5-9-25-29)35-23(20)27(24(28)32)11-8-16-12-17(34)6-7-18(16)33-4/h5-7,9-10,12,14H,8,11,13,34H2,1-4H3,(H,26,30). The van der Waals surface area contributed by atoms with Gasteiger partial charge < -0.3 is 10.1 Å². The van der Waals surface area contributed by atoms with Gasteiger partial charge in [-0.1, -0.05) is 17.4 Å². The number of amides is 1. The van der Waals surface area contributed by atoms with Crippen LogP contribution in [0.3, 0.4) is 0 Å². The number of fused-ring (bicyclic) bond motifs is 1. The summed E-state index contributed by atoms with van der Waals surface area (Å²) in [5.74, 6) is 0.340. The Hall–Kier alpha value is -3.23. The predicted molar refractivity (Wildman–Crippen MR) is 142 cm³/mol. The number of benzene rings is 1. The van der Waals surface area contributed by atoms with Gasteiger partial charge in [-0.15, -0.1) is 9.24 Å². The van der Waals surface area contributed by atoms with E-state index >= 15 is 0 Å². The average Bonchev–Trinajstić information content (AvgIpc) is 3.44. The maximum atomic E-state index is 13.6. The minimum absolute atomic E-state index is 0.106. The SMILES string of the molecule is COc1ccc(P)cc1CCn1c(=O)n(CC(=O)NC(C)C)c(=O)c2c(C)c(-n3cccn3)sc21. The van der Waals surface area contributed by atoms with Crippen LogP contribution in [0.25, 0.3) is 15.2 Å². The van der Waals surface area contributed by atoms with Crippen LogP contribution in [0.2, 0.25) is 0 Å². The first-order valence-corrected chi connectivity index (χ1v) is 12.6. The van der Waals surface area contributed by atoms with E-state index in [4.69, 9.17) is 4.74 Å². The molecule has 0 aliphatic carbocycles. The summed E-state index contributed by atoms with van der Waals surface area (Å²) in [6.45, 7) is 5.46. The number of aromatic nitrogens is 4. The van der Waals surface area contributed by atoms with Crippen molar-refractivity contribution in [1.82, 2.24) is 24.2 Å². The molecule has 1 unspecified atom stereocenters. The van der Waals surface area contributed by atoms with Crippen molar-refractivity contribution in [3.63, 3.8) is 0 Å². The Balaban J connectivity index is 1.88. The maximum Gasteiger partial charge on any atom is 0.332 e. The van der Waals surface area contributed by atoms with Crippen LogP contribution in [-0.2, 0) is 24.3 Å². The number of aryl methyl sites for hydroxylation is 3. The number of rotatable bonds is 8. The molecule has 3 heterocycles. The Morgan fingerprint density at radius 2 is 2.03 bits per heavy atom. The van der Waals surface area contributed by atoms with Gasteiger partial charge in [-0.25, -0.2) is 9.48 Å². The molecule has 1 aromatic carbocycles. The van der Waals surface area contributed by atoms with Crippen molar-refractivity contribution in [2.75, 3.05) is 7.11 Å². The van der Waals surface area contributed by atoms with Crippen molar-refractivity contribution in [3.05, 3.63) is 68.6 Å². The van der Waals surface area contributed by atoms with E-state index in [1.165, 1.54) is 11.3 Å². The molecule has 0 aliphatic rings. The first-order chi connectivity index (χ1) is 16.7. The third-order valence-corrected chi connectivity index (χ3v) is 7.31. The lowest BCUT2D eigenvalue weighted by molar-refractivity contribution is -0.122. The quantitative estimate of drug-likeness (QED) is 0.364. The molecule has 4 aromatic rings. The third kappa shape index (κ3) is 4.94. The fourth-order valence-electron chi connectivity index (χ4n) is 4.06. The van der Waals surface area contributed by atoms with Gasteiger partial charge in [-0.2, -0.15) is 5.10 Å². The number of hydrogen-bond donors (Lipinski definition) is 1. The lowest BCUT2D eigenvalue weighted by Crippen LogP contribution is -2.44. The van der Waals surface area contributed by atoms with E-state index < -0.39 is 11.2 Å². The smallest absolute Gasteiger partial charge is 0.332 e. The maximum absolute atomic E-state index is 13.6. The zero-order valence-corrected chi connectivity index (χ0v) is 22.0. The zero-order valence-electron chi connectivity index (χ0n) is 20.1. The fourth-order valence-corrected chi connectivity index (χ4v) is 5.62. The molecule has 0 spiro atoms. The number of ether oxygens (including phenoxy) is 1. The minimum atomic E-state index is -0.518. The molecule has 1 amide bonds. The van der Waals surface area contributed by atoms with Gasteiger partial charge in [0.05, 0.1) is 12.5 Å². The summed E-state index contributed by atoms with van der Waals surface area (Å²) in [7, 11) is 4.27. The number of hydrogen-bond acceptors (Lipinski definition) is 6. The summed E-state index contributed by atoms with van der Waals surface area (Å²) >= 11 is 1.34. The van der Waals surface area contributed by atoms with Gasteiger partial charge in [0.1, 0.15) is 22.1 Å². The molecular formula is C24H28N5O4PS. The van der Waals surface area contributed by atoms with E-state index in [2.05, 4.69) is 19.7 Å². The molecule has 9 nitrogen and oxygen atoms in total. The number of nitrogens with one attached hydrogen (secondary N) is 1. The molecule has 1 N–H and O–H groups in total. The second kappa shape index (κ2) is 10.2. The zero-order chi connectivity index (χ0) is 25.3. The second-order valence-electron chi connectivity index (χ2n) is 8.53. The Kier molecular flexibility index (Phi) is 7.23. The molecule has 0 fully saturated rings. The van der Waals surface area contributed by atoms with Crippen LogP contribution < -0.4 is 26.6 Å². The van der Waals surface area contributed by atoms with Crippen LogP contribution in [0.15, 0.2) is 46.2 Å². The Labute approximate surface area is 208 Å². The Morgan fingerprint density at radius 3 is 2.69 bits per heavy atom. The summed E-state index contributed by atoms with van der Waals surface area (Å²) in [6, 6.07) is 7.51. The van der Waals surface area contributed by atoms with Gasteiger partial charge in [0.25, 0.3) is 5.56 Å². The van der Waals surface area contributed by atoms with Crippen LogP contribution in [-0.4, -0.2) is 38.0 Å². The van der Waals surface area contributed by atoms with Gasteiger partial charge in [-0.3, -0.25) is 18.7 Å². The van der Waals surface area contributed by atoms with Crippen molar-refractivity contribution in [3.8, 4) is 10.8 Å². The lowest BCUT2D eigenvalue weighted by atomic mass is 10.1. The third-order valence-electron chi connectivity index (χ3n) is 5.64. The second-order valence-corrected chi connectivity index (χ2v) is 10.2. The molecule has 0 saturated heterocycles. The van der Waals surface area contributed by atoms with Crippen LogP contribution in [0.4, 0.5) is 0 Å². The first kappa shape index (κ1) is 24.9. The van der Waals surface area contributed by atoms with E-state index in [9.17, 15) is 14.4 Å². The molecule has 4 rings (SSSR count). The highest BCUT2D eigenvalue weighted by Gasteiger charge is 2.22. The number of nitrogens with zero attached hydrogens (tertiary/aromatic N) is 4. The summed E-state index contributed by atoms with van der Waals surface area (Å²) in [4.78, 5) is 40.1. The van der Waals surface area contributed by atoms with E-state index in [0.29, 0.717) is 23.2 Å². The van der Waals surface area contributed by atoms with Gasteiger partial charge in [0.15, 0.2) is 0 Å². The first-order valence-electron chi connectivity index (χ1n) is 11.2. The number of carbonyl (C=O) groups excluding carboxylic acids is 1. The van der Waals surface area contributed by atoms with Gasteiger partial charge in [-0.05, 0) is 56.3 Å². The van der Waals surface area contributed by atoms with Crippen molar-refractivity contribution < 1.29 is 9.53 Å². The highest BCUT2D eigenvalue weighted by molar-refractivity contribution is 7.27. The van der Waals surface area contributed by atoms with Crippen molar-refractivity contribution in [2.45, 2.75) is 46.3 Å². The number of methoxy groups -OCH3 is 1. The predicted octanol–water partition coefficient (Wildman–Crippen LogP) is 2.00. The molecule has 11 heteroatoms. The molecular weight excluding hydrogens is 485 g/mol. The van der Waals surface area contributed by atoms with Crippen molar-refractivity contribution in [2.24, 2.45) is 0 Å².